The summed E-state index contributed by atoms with van der Waals surface area (Å²) in [6, 6.07) is 18.0. The van der Waals surface area contributed by atoms with E-state index in [1.165, 1.54) is 5.69 Å². The number of hydrogen-bond acceptors (Lipinski definition) is 2. The van der Waals surface area contributed by atoms with Crippen molar-refractivity contribution in [2.24, 2.45) is 0 Å². The van der Waals surface area contributed by atoms with Gasteiger partial charge in [0.1, 0.15) is 0 Å². The van der Waals surface area contributed by atoms with Crippen LogP contribution >= 0.6 is 0 Å². The van der Waals surface area contributed by atoms with Gasteiger partial charge in [0.25, 0.3) is 5.91 Å². The molecule has 1 N–H and O–H groups in total. The maximum absolute atomic E-state index is 13.0. The maximum atomic E-state index is 13.0. The molecule has 1 amide bonds. The molecule has 3 nitrogen and oxygen atoms in total. The first kappa shape index (κ1) is 22.7. The second-order valence-corrected chi connectivity index (χ2v) is 8.00. The third-order valence-electron chi connectivity index (χ3n) is 5.36. The smallest absolute Gasteiger partial charge is 0.251 e. The lowest BCUT2D eigenvalue weighted by atomic mass is 9.85. The summed E-state index contributed by atoms with van der Waals surface area (Å²) in [4.78, 5) is 15.1. The van der Waals surface area contributed by atoms with Crippen LogP contribution in [0.4, 0.5) is 5.69 Å². The van der Waals surface area contributed by atoms with E-state index in [0.717, 1.165) is 44.1 Å². The highest BCUT2D eigenvalue weighted by Crippen LogP contribution is 2.26. The average molecular weight is 393 g/mol. The molecule has 0 saturated heterocycles. The van der Waals surface area contributed by atoms with Crippen molar-refractivity contribution in [2.75, 3.05) is 19.0 Å². The zero-order valence-electron chi connectivity index (χ0n) is 18.4. The van der Waals surface area contributed by atoms with E-state index >= 15 is 0 Å². The van der Waals surface area contributed by atoms with E-state index in [2.05, 4.69) is 60.5 Å². The van der Waals surface area contributed by atoms with Crippen LogP contribution in [0.5, 0.6) is 0 Å². The van der Waals surface area contributed by atoms with E-state index in [-0.39, 0.29) is 11.4 Å². The van der Waals surface area contributed by atoms with Crippen LogP contribution in [0, 0.1) is 0 Å². The minimum atomic E-state index is -0.320. The van der Waals surface area contributed by atoms with Crippen LogP contribution in [0.15, 0.2) is 60.7 Å². The summed E-state index contributed by atoms with van der Waals surface area (Å²) in [5.74, 6) is 0.00501. The number of nitrogens with zero attached hydrogens (tertiary/aromatic N) is 1. The molecule has 2 aromatic rings. The number of benzene rings is 2. The van der Waals surface area contributed by atoms with Gasteiger partial charge in [0.15, 0.2) is 0 Å². The number of amides is 1. The van der Waals surface area contributed by atoms with E-state index in [1.54, 1.807) is 0 Å². The third kappa shape index (κ3) is 7.08. The van der Waals surface area contributed by atoms with E-state index in [9.17, 15) is 4.79 Å². The topological polar surface area (TPSA) is 32.3 Å². The fraction of sp³-hybridized carbons (Fsp3) is 0.423. The molecule has 0 aliphatic carbocycles. The van der Waals surface area contributed by atoms with Crippen LogP contribution in [-0.4, -0.2) is 25.5 Å². The molecule has 0 aliphatic rings. The van der Waals surface area contributed by atoms with E-state index < -0.39 is 0 Å². The summed E-state index contributed by atoms with van der Waals surface area (Å²) >= 11 is 0. The zero-order chi connectivity index (χ0) is 21.1. The van der Waals surface area contributed by atoms with Crippen LogP contribution in [0.25, 0.3) is 6.08 Å². The standard InChI is InChI=1S/C26H36N2O/c1-5-7-19-26(20-8-6-2,27-25(29)23-12-10-9-11-13-23)21-18-22-14-16-24(17-15-22)28(3)4/h9-18,21H,5-8,19-20H2,1-4H3,(H,27,29)/b21-18+. The Kier molecular flexibility index (Phi) is 8.98. The summed E-state index contributed by atoms with van der Waals surface area (Å²) in [7, 11) is 4.09. The normalized spacial score (nSPS) is 11.6. The van der Waals surface area contributed by atoms with Gasteiger partial charge in [0, 0.05) is 25.3 Å². The van der Waals surface area contributed by atoms with Gasteiger partial charge < -0.3 is 10.2 Å². The van der Waals surface area contributed by atoms with Gasteiger partial charge in [-0.3, -0.25) is 4.79 Å². The largest absolute Gasteiger partial charge is 0.378 e. The minimum absolute atomic E-state index is 0.00501. The molecular formula is C26H36N2O. The third-order valence-corrected chi connectivity index (χ3v) is 5.36. The highest BCUT2D eigenvalue weighted by Gasteiger charge is 2.28. The Morgan fingerprint density at radius 3 is 2.03 bits per heavy atom. The van der Waals surface area contributed by atoms with Crippen molar-refractivity contribution in [1.29, 1.82) is 0 Å². The molecule has 0 saturated carbocycles. The summed E-state index contributed by atoms with van der Waals surface area (Å²) in [6.45, 7) is 4.40. The van der Waals surface area contributed by atoms with Crippen LogP contribution < -0.4 is 10.2 Å². The molecule has 0 fully saturated rings. The lowest BCUT2D eigenvalue weighted by molar-refractivity contribution is 0.0907. The monoisotopic (exact) mass is 392 g/mol. The van der Waals surface area contributed by atoms with Crippen LogP contribution in [-0.2, 0) is 0 Å². The van der Waals surface area contributed by atoms with Crippen LogP contribution in [0.2, 0.25) is 0 Å². The second-order valence-electron chi connectivity index (χ2n) is 8.00. The molecular weight excluding hydrogens is 356 g/mol. The Hall–Kier alpha value is -2.55. The molecule has 3 heteroatoms. The number of carbonyl (C=O) groups is 1. The number of rotatable bonds is 11. The van der Waals surface area contributed by atoms with Crippen molar-refractivity contribution in [3.05, 3.63) is 71.8 Å². The van der Waals surface area contributed by atoms with Gasteiger partial charge in [-0.05, 0) is 42.7 Å². The minimum Gasteiger partial charge on any atom is -0.378 e. The number of nitrogens with one attached hydrogen (secondary N) is 1. The van der Waals surface area contributed by atoms with Gasteiger partial charge in [0.05, 0.1) is 5.54 Å². The molecule has 0 heterocycles. The first-order chi connectivity index (χ1) is 14.0. The van der Waals surface area contributed by atoms with Gasteiger partial charge in [0.2, 0.25) is 0 Å². The Bertz CT molecular complexity index is 755. The van der Waals surface area contributed by atoms with Crippen molar-refractivity contribution in [3.8, 4) is 0 Å². The zero-order valence-corrected chi connectivity index (χ0v) is 18.4. The van der Waals surface area contributed by atoms with Gasteiger partial charge in [-0.15, -0.1) is 0 Å². The first-order valence-electron chi connectivity index (χ1n) is 10.8. The molecule has 2 rings (SSSR count). The lowest BCUT2D eigenvalue weighted by Gasteiger charge is -2.32. The Labute approximate surface area is 176 Å². The predicted octanol–water partition coefficient (Wildman–Crippen LogP) is 6.32. The van der Waals surface area contributed by atoms with Crippen molar-refractivity contribution >= 4 is 17.7 Å². The van der Waals surface area contributed by atoms with Gasteiger partial charge >= 0.3 is 0 Å². The van der Waals surface area contributed by atoms with Gasteiger partial charge in [-0.1, -0.05) is 82.0 Å². The molecule has 2 aromatic carbocycles. The molecule has 0 spiro atoms. The van der Waals surface area contributed by atoms with E-state index in [1.807, 2.05) is 44.4 Å². The Balaban J connectivity index is 2.29. The molecule has 0 radical (unpaired) electrons. The second kappa shape index (κ2) is 11.5. The molecule has 0 aliphatic heterocycles. The van der Waals surface area contributed by atoms with E-state index in [4.69, 9.17) is 0 Å². The summed E-state index contributed by atoms with van der Waals surface area (Å²) in [5.41, 5.74) is 2.73. The van der Waals surface area contributed by atoms with Gasteiger partial charge in [-0.2, -0.15) is 0 Å². The van der Waals surface area contributed by atoms with Crippen LogP contribution in [0.1, 0.15) is 68.3 Å². The highest BCUT2D eigenvalue weighted by molar-refractivity contribution is 5.94. The van der Waals surface area contributed by atoms with Crippen molar-refractivity contribution in [3.63, 3.8) is 0 Å². The summed E-state index contributed by atoms with van der Waals surface area (Å²) in [5, 5.41) is 3.38. The number of hydrogen-bond donors (Lipinski definition) is 1. The maximum Gasteiger partial charge on any atom is 0.251 e. The summed E-state index contributed by atoms with van der Waals surface area (Å²) in [6.07, 6.45) is 10.7. The highest BCUT2D eigenvalue weighted by atomic mass is 16.1. The SMILES string of the molecule is CCCCC(/C=C/c1ccc(N(C)C)cc1)(CCCC)NC(=O)c1ccccc1. The summed E-state index contributed by atoms with van der Waals surface area (Å²) < 4.78 is 0. The molecule has 0 aromatic heterocycles. The number of unbranched alkanes of at least 4 members (excludes halogenated alkanes) is 2. The molecule has 0 unspecified atom stereocenters. The molecule has 0 atom stereocenters. The van der Waals surface area contributed by atoms with Gasteiger partial charge in [-0.25, -0.2) is 0 Å². The fourth-order valence-corrected chi connectivity index (χ4v) is 3.47. The van der Waals surface area contributed by atoms with Crippen molar-refractivity contribution in [1.82, 2.24) is 5.32 Å². The Morgan fingerprint density at radius 1 is 0.931 bits per heavy atom. The first-order valence-corrected chi connectivity index (χ1v) is 10.8. The predicted molar refractivity (Wildman–Crippen MR) is 125 cm³/mol. The number of carbonyl (C=O) groups excluding carboxylic acids is 1. The van der Waals surface area contributed by atoms with Crippen molar-refractivity contribution in [2.45, 2.75) is 57.9 Å². The molecule has 29 heavy (non-hydrogen) atoms. The fourth-order valence-electron chi connectivity index (χ4n) is 3.47. The Morgan fingerprint density at radius 2 is 1.52 bits per heavy atom. The number of anilines is 1. The molecule has 0 bridgehead atoms. The quantitative estimate of drug-likeness (QED) is 0.485. The van der Waals surface area contributed by atoms with Crippen molar-refractivity contribution < 1.29 is 4.79 Å². The lowest BCUT2D eigenvalue weighted by Crippen LogP contribution is -2.47. The van der Waals surface area contributed by atoms with E-state index in [0.29, 0.717) is 5.56 Å². The molecule has 156 valence electrons. The van der Waals surface area contributed by atoms with Crippen LogP contribution in [0.3, 0.4) is 0 Å². The average Bonchev–Trinajstić information content (AvgIpc) is 2.75.